The van der Waals surface area contributed by atoms with Crippen LogP contribution >= 0.6 is 11.8 Å². The van der Waals surface area contributed by atoms with Crippen LogP contribution in [0.25, 0.3) is 11.0 Å². The van der Waals surface area contributed by atoms with Gasteiger partial charge in [-0.1, -0.05) is 49.4 Å². The summed E-state index contributed by atoms with van der Waals surface area (Å²) in [6.45, 7) is 2.15. The summed E-state index contributed by atoms with van der Waals surface area (Å²) in [5, 5.41) is -0.310. The van der Waals surface area contributed by atoms with Crippen LogP contribution in [0.5, 0.6) is 11.5 Å². The topological polar surface area (TPSA) is 119 Å². The number of carbonyl (C=O) groups is 3. The number of nitrogens with two attached hydrogens (primary N) is 1. The lowest BCUT2D eigenvalue weighted by molar-refractivity contribution is -0.133. The molecule has 1 aliphatic heterocycles. The third-order valence-electron chi connectivity index (χ3n) is 6.28. The molecule has 0 fully saturated rings. The molecule has 1 atom stereocenters. The molecule has 204 valence electrons. The van der Waals surface area contributed by atoms with Crippen molar-refractivity contribution in [2.75, 3.05) is 33.7 Å². The quantitative estimate of drug-likeness (QED) is 0.316. The minimum atomic E-state index is -0.847. The van der Waals surface area contributed by atoms with Crippen LogP contribution in [-0.4, -0.2) is 50.3 Å². The number of nitrogen functional groups attached to an aromatic ring is 1. The number of ether oxygens (including phenoxy) is 4. The van der Waals surface area contributed by atoms with Crippen LogP contribution in [-0.2, 0) is 14.3 Å². The SMILES string of the molecule is CCCCOC(=O)c1c(N)/c(=C\c2ccc(OC)cc2)c2n1C(=O)C(c1ccc(OC)cc1)SC=2C(=O)OC. The fourth-order valence-electron chi connectivity index (χ4n) is 4.21. The molecular formula is C29H30N2O7S. The van der Waals surface area contributed by atoms with Crippen LogP contribution in [0, 0.1) is 0 Å². The van der Waals surface area contributed by atoms with Crippen LogP contribution in [0.1, 0.15) is 51.4 Å². The van der Waals surface area contributed by atoms with Gasteiger partial charge in [-0.15, -0.1) is 0 Å². The summed E-state index contributed by atoms with van der Waals surface area (Å²) < 4.78 is 22.3. The standard InChI is InChI=1S/C29H30N2O7S/c1-5-6-15-38-28(33)24-22(30)21(16-17-7-11-19(35-2)12-8-17)23-26(29(34)37-4)39-25(27(32)31(23)24)18-9-13-20(36-3)14-10-18/h7-14,16,25H,5-6,15,30H2,1-4H3/b21-16+. The molecule has 1 unspecified atom stereocenters. The maximum atomic E-state index is 14.0. The molecule has 0 aliphatic carbocycles. The normalized spacial score (nSPS) is 15.1. The van der Waals surface area contributed by atoms with Crippen molar-refractivity contribution in [1.29, 1.82) is 0 Å². The number of aromatic nitrogens is 1. The first-order valence-corrected chi connectivity index (χ1v) is 13.2. The molecule has 2 N–H and O–H groups in total. The van der Waals surface area contributed by atoms with Crippen molar-refractivity contribution in [2.24, 2.45) is 0 Å². The molecule has 9 nitrogen and oxygen atoms in total. The Labute approximate surface area is 230 Å². The Morgan fingerprint density at radius 3 is 2.15 bits per heavy atom. The molecule has 1 aromatic heterocycles. The maximum Gasteiger partial charge on any atom is 0.357 e. The van der Waals surface area contributed by atoms with E-state index in [4.69, 9.17) is 24.7 Å². The van der Waals surface area contributed by atoms with E-state index in [1.165, 1.54) is 11.7 Å². The number of thioether (sulfide) groups is 1. The van der Waals surface area contributed by atoms with Crippen molar-refractivity contribution in [3.05, 3.63) is 75.9 Å². The van der Waals surface area contributed by atoms with E-state index >= 15 is 0 Å². The Morgan fingerprint density at radius 1 is 0.974 bits per heavy atom. The Hall–Kier alpha value is -4.18. The van der Waals surface area contributed by atoms with Gasteiger partial charge in [0.15, 0.2) is 5.69 Å². The van der Waals surface area contributed by atoms with Crippen LogP contribution < -0.4 is 25.8 Å². The first kappa shape index (κ1) is 27.8. The largest absolute Gasteiger partial charge is 0.497 e. The monoisotopic (exact) mass is 550 g/mol. The number of rotatable bonds is 9. The van der Waals surface area contributed by atoms with Gasteiger partial charge < -0.3 is 24.7 Å². The zero-order valence-corrected chi connectivity index (χ0v) is 23.0. The average Bonchev–Trinajstić information content (AvgIpc) is 3.25. The highest BCUT2D eigenvalue weighted by molar-refractivity contribution is 8.10. The van der Waals surface area contributed by atoms with E-state index in [0.29, 0.717) is 28.7 Å². The summed E-state index contributed by atoms with van der Waals surface area (Å²) in [6.07, 6.45) is 3.19. The molecule has 1 aliphatic rings. The van der Waals surface area contributed by atoms with E-state index in [2.05, 4.69) is 0 Å². The maximum absolute atomic E-state index is 14.0. The zero-order valence-electron chi connectivity index (χ0n) is 22.2. The van der Waals surface area contributed by atoms with Crippen molar-refractivity contribution >= 4 is 46.3 Å². The number of anilines is 1. The van der Waals surface area contributed by atoms with E-state index in [1.54, 1.807) is 68.8 Å². The number of benzene rings is 2. The Bertz CT molecular complexity index is 1510. The number of hydrogen-bond acceptors (Lipinski definition) is 9. The van der Waals surface area contributed by atoms with Gasteiger partial charge in [-0.3, -0.25) is 9.36 Å². The third-order valence-corrected chi connectivity index (χ3v) is 7.59. The molecule has 2 heterocycles. The van der Waals surface area contributed by atoms with Gasteiger partial charge in [0, 0.05) is 5.22 Å². The van der Waals surface area contributed by atoms with Gasteiger partial charge in [0.25, 0.3) is 0 Å². The lowest BCUT2D eigenvalue weighted by Crippen LogP contribution is -2.42. The summed E-state index contributed by atoms with van der Waals surface area (Å²) >= 11 is 1.05. The van der Waals surface area contributed by atoms with Gasteiger partial charge in [0.2, 0.25) is 5.91 Å². The molecule has 10 heteroatoms. The number of hydrogen-bond donors (Lipinski definition) is 1. The van der Waals surface area contributed by atoms with Gasteiger partial charge in [0.1, 0.15) is 21.7 Å². The highest BCUT2D eigenvalue weighted by Crippen LogP contribution is 2.40. The van der Waals surface area contributed by atoms with Gasteiger partial charge >= 0.3 is 11.9 Å². The smallest absolute Gasteiger partial charge is 0.357 e. The molecule has 0 radical (unpaired) electrons. The summed E-state index contributed by atoms with van der Waals surface area (Å²) in [4.78, 5) is 40.6. The van der Waals surface area contributed by atoms with Gasteiger partial charge in [0.05, 0.1) is 39.0 Å². The average molecular weight is 551 g/mol. The zero-order chi connectivity index (χ0) is 28.1. The summed E-state index contributed by atoms with van der Waals surface area (Å²) in [6, 6.07) is 14.1. The van der Waals surface area contributed by atoms with Gasteiger partial charge in [-0.05, 0) is 47.9 Å². The van der Waals surface area contributed by atoms with Crippen molar-refractivity contribution in [3.63, 3.8) is 0 Å². The summed E-state index contributed by atoms with van der Waals surface area (Å²) in [7, 11) is 4.37. The minimum Gasteiger partial charge on any atom is -0.497 e. The van der Waals surface area contributed by atoms with Crippen LogP contribution in [0.2, 0.25) is 0 Å². The van der Waals surface area contributed by atoms with E-state index in [9.17, 15) is 14.4 Å². The number of unbranched alkanes of at least 4 members (excludes halogenated alkanes) is 1. The molecule has 0 bridgehead atoms. The summed E-state index contributed by atoms with van der Waals surface area (Å²) in [5.41, 5.74) is 7.82. The van der Waals surface area contributed by atoms with E-state index in [-0.39, 0.29) is 28.2 Å². The second-order valence-electron chi connectivity index (χ2n) is 8.70. The summed E-state index contributed by atoms with van der Waals surface area (Å²) in [5.74, 6) is -0.549. The number of methoxy groups -OCH3 is 3. The van der Waals surface area contributed by atoms with Crippen molar-refractivity contribution in [2.45, 2.75) is 25.0 Å². The molecule has 0 amide bonds. The second kappa shape index (κ2) is 12.1. The first-order valence-electron chi connectivity index (χ1n) is 12.3. The predicted octanol–water partition coefficient (Wildman–Crippen LogP) is 3.28. The molecule has 3 aromatic rings. The highest BCUT2D eigenvalue weighted by Gasteiger charge is 2.38. The third kappa shape index (κ3) is 5.51. The fourth-order valence-corrected chi connectivity index (χ4v) is 5.44. The molecule has 0 saturated carbocycles. The number of esters is 2. The van der Waals surface area contributed by atoms with Crippen molar-refractivity contribution < 1.29 is 33.3 Å². The van der Waals surface area contributed by atoms with E-state index in [1.807, 2.05) is 6.92 Å². The Kier molecular flexibility index (Phi) is 8.65. The number of nitrogens with zero attached hydrogens (tertiary/aromatic N) is 1. The lowest BCUT2D eigenvalue weighted by Gasteiger charge is -2.23. The molecular weight excluding hydrogens is 520 g/mol. The molecule has 39 heavy (non-hydrogen) atoms. The molecule has 0 saturated heterocycles. The van der Waals surface area contributed by atoms with E-state index < -0.39 is 23.1 Å². The van der Waals surface area contributed by atoms with Crippen molar-refractivity contribution in [3.8, 4) is 11.5 Å². The van der Waals surface area contributed by atoms with Crippen LogP contribution in [0.15, 0.2) is 48.5 Å². The molecule has 4 rings (SSSR count). The fraction of sp³-hybridized carbons (Fsp3) is 0.276. The molecule has 0 spiro atoms. The second-order valence-corrected chi connectivity index (χ2v) is 9.81. The van der Waals surface area contributed by atoms with Gasteiger partial charge in [-0.2, -0.15) is 0 Å². The number of fused-ring (bicyclic) bond motifs is 1. The minimum absolute atomic E-state index is 0.0352. The van der Waals surface area contributed by atoms with E-state index in [0.717, 1.165) is 23.7 Å². The Balaban J connectivity index is 2.00. The Morgan fingerprint density at radius 2 is 1.59 bits per heavy atom. The number of carbonyl (C=O) groups excluding carboxylic acids is 3. The van der Waals surface area contributed by atoms with Crippen LogP contribution in [0.3, 0.4) is 0 Å². The predicted molar refractivity (Wildman–Crippen MR) is 149 cm³/mol. The van der Waals surface area contributed by atoms with Crippen molar-refractivity contribution in [1.82, 2.24) is 4.57 Å². The van der Waals surface area contributed by atoms with Crippen LogP contribution in [0.4, 0.5) is 5.69 Å². The lowest BCUT2D eigenvalue weighted by atomic mass is 10.1. The van der Waals surface area contributed by atoms with Gasteiger partial charge in [-0.25, -0.2) is 9.59 Å². The highest BCUT2D eigenvalue weighted by atomic mass is 32.2. The molecule has 2 aromatic carbocycles. The first-order chi connectivity index (χ1) is 18.8.